The highest BCUT2D eigenvalue weighted by atomic mass is 16.2. The molecule has 8 nitrogen and oxygen atoms in total. The fraction of sp³-hybridized carbons (Fsp3) is 0.792. The van der Waals surface area contributed by atoms with Crippen molar-refractivity contribution in [1.82, 2.24) is 15.5 Å². The van der Waals surface area contributed by atoms with Crippen molar-refractivity contribution in [1.29, 1.82) is 0 Å². The Bertz CT molecular complexity index is 1070. The van der Waals surface area contributed by atoms with Crippen LogP contribution in [0, 0.1) is 0 Å². The average molecular weight is 783 g/mol. The molecule has 4 N–H and O–H groups in total. The molecule has 0 fully saturated rings. The van der Waals surface area contributed by atoms with Gasteiger partial charge in [0.1, 0.15) is 0 Å². The lowest BCUT2D eigenvalue weighted by atomic mass is 10.0. The number of benzene rings is 1. The highest BCUT2D eigenvalue weighted by Crippen LogP contribution is 2.17. The second-order valence-corrected chi connectivity index (χ2v) is 16.4. The molecule has 56 heavy (non-hydrogen) atoms. The third kappa shape index (κ3) is 30.3. The molecule has 0 spiro atoms. The Kier molecular flexibility index (Phi) is 34.4. The van der Waals surface area contributed by atoms with E-state index >= 15 is 0 Å². The molecule has 1 rings (SSSR count). The van der Waals surface area contributed by atoms with Crippen molar-refractivity contribution < 1.29 is 19.2 Å². The van der Waals surface area contributed by atoms with Crippen molar-refractivity contribution in [3.63, 3.8) is 0 Å². The summed E-state index contributed by atoms with van der Waals surface area (Å²) in [6.07, 6.45) is 42.5. The van der Waals surface area contributed by atoms with Crippen LogP contribution < -0.4 is 16.4 Å². The van der Waals surface area contributed by atoms with Crippen LogP contribution in [0.15, 0.2) is 24.3 Å². The monoisotopic (exact) mass is 783 g/mol. The third-order valence-electron chi connectivity index (χ3n) is 11.1. The van der Waals surface area contributed by atoms with Gasteiger partial charge in [-0.2, -0.15) is 0 Å². The van der Waals surface area contributed by atoms with E-state index in [-0.39, 0.29) is 19.0 Å². The molecule has 0 unspecified atom stereocenters. The minimum atomic E-state index is -0.649. The van der Waals surface area contributed by atoms with Crippen LogP contribution >= 0.6 is 0 Å². The van der Waals surface area contributed by atoms with E-state index in [0.29, 0.717) is 11.1 Å². The lowest BCUT2D eigenvalue weighted by molar-refractivity contribution is -0.124. The Balaban J connectivity index is 2.40. The lowest BCUT2D eigenvalue weighted by Crippen LogP contribution is -2.40. The van der Waals surface area contributed by atoms with Crippen molar-refractivity contribution in [2.24, 2.45) is 5.73 Å². The Labute approximate surface area is 344 Å². The topological polar surface area (TPSA) is 122 Å². The van der Waals surface area contributed by atoms with Crippen LogP contribution in [0.5, 0.6) is 0 Å². The molecule has 0 aromatic heterocycles. The van der Waals surface area contributed by atoms with Crippen LogP contribution in [0.1, 0.15) is 240 Å². The highest BCUT2D eigenvalue weighted by molar-refractivity contribution is 5.99. The second kappa shape index (κ2) is 37.7. The van der Waals surface area contributed by atoms with Gasteiger partial charge in [0.2, 0.25) is 11.8 Å². The van der Waals surface area contributed by atoms with E-state index in [1.807, 2.05) is 4.90 Å². The molecule has 1 aromatic rings. The second-order valence-electron chi connectivity index (χ2n) is 16.4. The SMILES string of the molecule is CCCCCCCCCCCCCCCCCCN(CCCCCCCCCCCCCCCCCC)C(=O)c1ccc(C(=O)NCC(=O)NCC(N)=O)cc1. The molecule has 0 saturated heterocycles. The summed E-state index contributed by atoms with van der Waals surface area (Å²) in [5.74, 6) is -1.55. The van der Waals surface area contributed by atoms with Gasteiger partial charge in [0.25, 0.3) is 11.8 Å². The van der Waals surface area contributed by atoms with E-state index in [1.165, 1.54) is 180 Å². The summed E-state index contributed by atoms with van der Waals surface area (Å²) in [6.45, 7) is 5.54. The van der Waals surface area contributed by atoms with Crippen molar-refractivity contribution >= 4 is 23.6 Å². The highest BCUT2D eigenvalue weighted by Gasteiger charge is 2.17. The van der Waals surface area contributed by atoms with Crippen LogP contribution in [0.2, 0.25) is 0 Å². The van der Waals surface area contributed by atoms with Crippen molar-refractivity contribution in [2.75, 3.05) is 26.2 Å². The van der Waals surface area contributed by atoms with E-state index in [0.717, 1.165) is 38.8 Å². The number of nitrogens with two attached hydrogens (primary N) is 1. The van der Waals surface area contributed by atoms with Gasteiger partial charge in [0, 0.05) is 24.2 Å². The maximum atomic E-state index is 13.7. The van der Waals surface area contributed by atoms with E-state index in [9.17, 15) is 19.2 Å². The molecule has 0 atom stereocenters. The van der Waals surface area contributed by atoms with E-state index < -0.39 is 17.7 Å². The fourth-order valence-corrected chi connectivity index (χ4v) is 7.47. The van der Waals surface area contributed by atoms with Crippen molar-refractivity contribution in [2.45, 2.75) is 219 Å². The summed E-state index contributed by atoms with van der Waals surface area (Å²) in [6, 6.07) is 6.67. The largest absolute Gasteiger partial charge is 0.368 e. The number of carbonyl (C=O) groups is 4. The normalized spacial score (nSPS) is 11.1. The Morgan fingerprint density at radius 1 is 0.429 bits per heavy atom. The van der Waals surface area contributed by atoms with Gasteiger partial charge < -0.3 is 21.3 Å². The van der Waals surface area contributed by atoms with Crippen LogP contribution in [0.25, 0.3) is 0 Å². The summed E-state index contributed by atoms with van der Waals surface area (Å²) in [7, 11) is 0. The number of rotatable bonds is 40. The zero-order valence-corrected chi connectivity index (χ0v) is 36.4. The Morgan fingerprint density at radius 2 is 0.732 bits per heavy atom. The van der Waals surface area contributed by atoms with Crippen LogP contribution in [0.4, 0.5) is 0 Å². The van der Waals surface area contributed by atoms with Crippen molar-refractivity contribution in [3.8, 4) is 0 Å². The maximum absolute atomic E-state index is 13.7. The predicted molar refractivity (Wildman–Crippen MR) is 236 cm³/mol. The minimum Gasteiger partial charge on any atom is -0.368 e. The molecule has 0 saturated carbocycles. The molecule has 4 amide bonds. The van der Waals surface area contributed by atoms with Gasteiger partial charge in [-0.05, 0) is 37.1 Å². The molecule has 0 bridgehead atoms. The standard InChI is InChI=1S/C48H86N4O4/c1-3-5-7-9-11-13-15-17-19-21-23-25-27-29-31-33-39-52(40-34-32-30-28-26-24-22-20-18-16-14-12-10-8-6-4-2)48(56)44-37-35-43(36-38-44)47(55)51-42-46(54)50-41-45(49)53/h35-38H,3-34,39-42H2,1-2H3,(H2,49,53)(H,50,54)(H,51,55). The van der Waals surface area contributed by atoms with Gasteiger partial charge >= 0.3 is 0 Å². The van der Waals surface area contributed by atoms with Gasteiger partial charge in [-0.15, -0.1) is 0 Å². The molecule has 1 aromatic carbocycles. The lowest BCUT2D eigenvalue weighted by Gasteiger charge is -2.23. The fourth-order valence-electron chi connectivity index (χ4n) is 7.47. The number of nitrogens with one attached hydrogen (secondary N) is 2. The van der Waals surface area contributed by atoms with Gasteiger partial charge in [-0.25, -0.2) is 0 Å². The number of hydrogen-bond acceptors (Lipinski definition) is 4. The number of amides is 4. The quantitative estimate of drug-likeness (QED) is 0.0574. The molecular formula is C48H86N4O4. The van der Waals surface area contributed by atoms with Crippen molar-refractivity contribution in [3.05, 3.63) is 35.4 Å². The summed E-state index contributed by atoms with van der Waals surface area (Å²) >= 11 is 0. The summed E-state index contributed by atoms with van der Waals surface area (Å²) in [5.41, 5.74) is 5.99. The van der Waals surface area contributed by atoms with Gasteiger partial charge in [0.15, 0.2) is 0 Å². The van der Waals surface area contributed by atoms with E-state index in [4.69, 9.17) is 5.73 Å². The number of carbonyl (C=O) groups excluding carboxylic acids is 4. The summed E-state index contributed by atoms with van der Waals surface area (Å²) < 4.78 is 0. The van der Waals surface area contributed by atoms with E-state index in [1.54, 1.807) is 24.3 Å². The number of nitrogens with zero attached hydrogens (tertiary/aromatic N) is 1. The van der Waals surface area contributed by atoms with Gasteiger partial charge in [-0.3, -0.25) is 19.2 Å². The summed E-state index contributed by atoms with van der Waals surface area (Å²) in [5, 5.41) is 4.89. The molecular weight excluding hydrogens is 697 g/mol. The predicted octanol–water partition coefficient (Wildman–Crippen LogP) is 12.0. The Morgan fingerprint density at radius 3 is 1.05 bits per heavy atom. The summed E-state index contributed by atoms with van der Waals surface area (Å²) in [4.78, 5) is 51.0. The maximum Gasteiger partial charge on any atom is 0.253 e. The number of hydrogen-bond donors (Lipinski definition) is 3. The van der Waals surface area contributed by atoms with Gasteiger partial charge in [-0.1, -0.05) is 206 Å². The minimum absolute atomic E-state index is 0.0182. The molecule has 8 heteroatoms. The third-order valence-corrected chi connectivity index (χ3v) is 11.1. The zero-order chi connectivity index (χ0) is 40.7. The molecule has 0 aliphatic carbocycles. The molecule has 0 aliphatic heterocycles. The average Bonchev–Trinajstić information content (AvgIpc) is 3.20. The Hall–Kier alpha value is -2.90. The number of unbranched alkanes of at least 4 members (excludes halogenated alkanes) is 30. The number of primary amides is 1. The van der Waals surface area contributed by atoms with Crippen LogP contribution in [0.3, 0.4) is 0 Å². The first-order valence-corrected chi connectivity index (χ1v) is 23.6. The first-order chi connectivity index (χ1) is 27.4. The molecule has 0 radical (unpaired) electrons. The van der Waals surface area contributed by atoms with Gasteiger partial charge in [0.05, 0.1) is 13.1 Å². The smallest absolute Gasteiger partial charge is 0.253 e. The first-order valence-electron chi connectivity index (χ1n) is 23.6. The van der Waals surface area contributed by atoms with Crippen LogP contribution in [-0.4, -0.2) is 54.7 Å². The molecule has 0 aliphatic rings. The van der Waals surface area contributed by atoms with E-state index in [2.05, 4.69) is 24.5 Å². The molecule has 0 heterocycles. The first kappa shape index (κ1) is 51.1. The van der Waals surface area contributed by atoms with Crippen LogP contribution in [-0.2, 0) is 9.59 Å². The molecule has 322 valence electrons. The zero-order valence-electron chi connectivity index (χ0n) is 36.4.